The summed E-state index contributed by atoms with van der Waals surface area (Å²) >= 11 is 0. The second-order valence-corrected chi connectivity index (χ2v) is 3.12. The van der Waals surface area contributed by atoms with E-state index >= 15 is 0 Å². The Morgan fingerprint density at radius 1 is 0.778 bits per heavy atom. The Morgan fingerprint density at radius 3 is 0.889 bits per heavy atom. The van der Waals surface area contributed by atoms with Crippen LogP contribution in [0.3, 0.4) is 0 Å². The van der Waals surface area contributed by atoms with Gasteiger partial charge in [-0.15, -0.1) is 0 Å². The fourth-order valence-corrected chi connectivity index (χ4v) is 0. The predicted molar refractivity (Wildman–Crippen MR) is 36.2 cm³/mol. The molecule has 0 bridgehead atoms. The zero-order valence-electron chi connectivity index (χ0n) is 6.39. The Labute approximate surface area is 55.6 Å². The van der Waals surface area contributed by atoms with E-state index in [2.05, 4.69) is 0 Å². The molecule has 0 aliphatic rings. The van der Waals surface area contributed by atoms with E-state index in [9.17, 15) is 0 Å². The minimum atomic E-state index is -1.01. The molecule has 0 aromatic heterocycles. The molecule has 0 heterocycles. The Bertz CT molecular complexity index is 63.3. The van der Waals surface area contributed by atoms with Crippen LogP contribution in [0.4, 0.5) is 0 Å². The van der Waals surface area contributed by atoms with Gasteiger partial charge in [-0.1, -0.05) is 0 Å². The van der Waals surface area contributed by atoms with Crippen molar-refractivity contribution in [2.45, 2.75) is 38.9 Å². The first-order chi connectivity index (χ1) is 3.25. The Morgan fingerprint density at radius 2 is 0.889 bits per heavy atom. The Balaban J connectivity index is 0. The van der Waals surface area contributed by atoms with Crippen LogP contribution in [0.15, 0.2) is 0 Å². The van der Waals surface area contributed by atoms with Gasteiger partial charge in [0.05, 0.1) is 11.2 Å². The average molecular weight is 136 g/mol. The van der Waals surface area contributed by atoms with Crippen molar-refractivity contribution < 1.29 is 15.7 Å². The van der Waals surface area contributed by atoms with Crippen molar-refractivity contribution in [2.24, 2.45) is 0 Å². The molecule has 0 saturated carbocycles. The minimum Gasteiger partial charge on any atom is -0.412 e. The van der Waals surface area contributed by atoms with E-state index in [1.54, 1.807) is 27.7 Å². The molecule has 9 heavy (non-hydrogen) atoms. The largest absolute Gasteiger partial charge is 0.412 e. The molecule has 0 radical (unpaired) electrons. The van der Waals surface area contributed by atoms with Gasteiger partial charge in [-0.25, -0.2) is 0 Å². The van der Waals surface area contributed by atoms with Gasteiger partial charge in [0, 0.05) is 0 Å². The van der Waals surface area contributed by atoms with Crippen molar-refractivity contribution in [1.29, 1.82) is 0 Å². The van der Waals surface area contributed by atoms with Gasteiger partial charge >= 0.3 is 0 Å². The lowest BCUT2D eigenvalue weighted by Gasteiger charge is -2.31. The number of aliphatic hydroxyl groups is 2. The van der Waals surface area contributed by atoms with Crippen molar-refractivity contribution in [3.8, 4) is 0 Å². The van der Waals surface area contributed by atoms with Crippen molar-refractivity contribution in [3.63, 3.8) is 0 Å². The van der Waals surface area contributed by atoms with Crippen LogP contribution < -0.4 is 0 Å². The van der Waals surface area contributed by atoms with Crippen molar-refractivity contribution in [3.05, 3.63) is 0 Å². The third-order valence-electron chi connectivity index (χ3n) is 1.50. The molecule has 0 aromatic carbocycles. The van der Waals surface area contributed by atoms with Gasteiger partial charge in [0.1, 0.15) is 0 Å². The monoisotopic (exact) mass is 136 g/mol. The summed E-state index contributed by atoms with van der Waals surface area (Å²) in [6, 6.07) is 0. The van der Waals surface area contributed by atoms with Crippen molar-refractivity contribution in [2.75, 3.05) is 0 Å². The first-order valence-electron chi connectivity index (χ1n) is 2.70. The molecule has 0 unspecified atom stereocenters. The number of hydrogen-bond acceptors (Lipinski definition) is 2. The van der Waals surface area contributed by atoms with E-state index in [1.807, 2.05) is 0 Å². The third-order valence-corrected chi connectivity index (χ3v) is 1.50. The first kappa shape index (κ1) is 11.6. The lowest BCUT2D eigenvalue weighted by Crippen LogP contribution is -2.44. The summed E-state index contributed by atoms with van der Waals surface area (Å²) in [6.07, 6.45) is 0. The summed E-state index contributed by atoms with van der Waals surface area (Å²) < 4.78 is 0. The summed E-state index contributed by atoms with van der Waals surface area (Å²) in [5.74, 6) is 0. The average Bonchev–Trinajstić information content (AvgIpc) is 1.25. The zero-order valence-corrected chi connectivity index (χ0v) is 6.39. The Hall–Kier alpha value is -0.120. The molecule has 3 heteroatoms. The molecule has 0 rings (SSSR count). The highest BCUT2D eigenvalue weighted by molar-refractivity contribution is 4.84. The van der Waals surface area contributed by atoms with Gasteiger partial charge in [0.2, 0.25) is 0 Å². The maximum Gasteiger partial charge on any atom is 0.0872 e. The highest BCUT2D eigenvalue weighted by Gasteiger charge is 2.31. The fourth-order valence-electron chi connectivity index (χ4n) is 0. The van der Waals surface area contributed by atoms with E-state index < -0.39 is 11.2 Å². The van der Waals surface area contributed by atoms with E-state index in [1.165, 1.54) is 0 Å². The molecule has 0 aromatic rings. The summed E-state index contributed by atoms with van der Waals surface area (Å²) in [4.78, 5) is 0. The molecule has 0 amide bonds. The number of hydrogen-bond donors (Lipinski definition) is 2. The second-order valence-electron chi connectivity index (χ2n) is 3.12. The van der Waals surface area contributed by atoms with Crippen LogP contribution >= 0.6 is 0 Å². The third kappa shape index (κ3) is 3.46. The quantitative estimate of drug-likeness (QED) is 0.519. The first-order valence-corrected chi connectivity index (χ1v) is 2.70. The summed E-state index contributed by atoms with van der Waals surface area (Å²) in [6.45, 7) is 6.31. The molecule has 0 saturated heterocycles. The lowest BCUT2D eigenvalue weighted by molar-refractivity contribution is -0.107. The molecule has 3 nitrogen and oxygen atoms in total. The van der Waals surface area contributed by atoms with Crippen LogP contribution in [0.25, 0.3) is 0 Å². The van der Waals surface area contributed by atoms with Crippen LogP contribution in [0.2, 0.25) is 0 Å². The van der Waals surface area contributed by atoms with Gasteiger partial charge in [-0.2, -0.15) is 0 Å². The molecule has 0 atom stereocenters. The van der Waals surface area contributed by atoms with Crippen molar-refractivity contribution >= 4 is 0 Å². The SMILES string of the molecule is CC(C)(O)C(C)(C)O.O. The second kappa shape index (κ2) is 2.64. The maximum atomic E-state index is 9.10. The van der Waals surface area contributed by atoms with E-state index in [0.717, 1.165) is 0 Å². The minimum absolute atomic E-state index is 0. The molecule has 0 fully saturated rings. The predicted octanol–water partition coefficient (Wildman–Crippen LogP) is -0.297. The normalized spacial score (nSPS) is 12.7. The summed E-state index contributed by atoms with van der Waals surface area (Å²) in [5, 5.41) is 18.2. The van der Waals surface area contributed by atoms with Crippen LogP contribution in [0.1, 0.15) is 27.7 Å². The molecule has 0 aliphatic heterocycles. The van der Waals surface area contributed by atoms with Gasteiger partial charge in [-0.3, -0.25) is 0 Å². The smallest absolute Gasteiger partial charge is 0.0872 e. The van der Waals surface area contributed by atoms with Gasteiger partial charge in [-0.05, 0) is 27.7 Å². The van der Waals surface area contributed by atoms with Crippen molar-refractivity contribution in [1.82, 2.24) is 0 Å². The zero-order chi connectivity index (χ0) is 7.00. The standard InChI is InChI=1S/C6H14O2.H2O/c1-5(2,7)6(3,4)8;/h7-8H,1-4H3;1H2. The fraction of sp³-hybridized carbons (Fsp3) is 1.00. The van der Waals surface area contributed by atoms with E-state index in [-0.39, 0.29) is 5.48 Å². The number of rotatable bonds is 1. The molecule has 4 N–H and O–H groups in total. The molecular formula is C6H16O3. The van der Waals surface area contributed by atoms with E-state index in [4.69, 9.17) is 10.2 Å². The maximum absolute atomic E-state index is 9.10. The van der Waals surface area contributed by atoms with Gasteiger partial charge in [0.15, 0.2) is 0 Å². The topological polar surface area (TPSA) is 72.0 Å². The van der Waals surface area contributed by atoms with Crippen LogP contribution in [-0.2, 0) is 0 Å². The van der Waals surface area contributed by atoms with Crippen LogP contribution in [0, 0.1) is 0 Å². The van der Waals surface area contributed by atoms with Crippen LogP contribution in [-0.4, -0.2) is 26.9 Å². The molecule has 0 spiro atoms. The van der Waals surface area contributed by atoms with Crippen LogP contribution in [0.5, 0.6) is 0 Å². The van der Waals surface area contributed by atoms with E-state index in [0.29, 0.717) is 0 Å². The summed E-state index contributed by atoms with van der Waals surface area (Å²) in [5.41, 5.74) is -2.01. The molecule has 0 aliphatic carbocycles. The van der Waals surface area contributed by atoms with Gasteiger partial charge < -0.3 is 15.7 Å². The highest BCUT2D eigenvalue weighted by Crippen LogP contribution is 2.18. The molecule has 58 valence electrons. The lowest BCUT2D eigenvalue weighted by atomic mass is 9.90. The Kier molecular flexibility index (Phi) is 3.42. The summed E-state index contributed by atoms with van der Waals surface area (Å²) in [7, 11) is 0. The van der Waals surface area contributed by atoms with Gasteiger partial charge in [0.25, 0.3) is 0 Å². The highest BCUT2D eigenvalue weighted by atomic mass is 16.3. The molecular weight excluding hydrogens is 120 g/mol.